The highest BCUT2D eigenvalue weighted by Crippen LogP contribution is 2.26. The van der Waals surface area contributed by atoms with Crippen LogP contribution in [0.2, 0.25) is 0 Å². The molecule has 1 rings (SSSR count). The third-order valence-electron chi connectivity index (χ3n) is 2.72. The highest BCUT2D eigenvalue weighted by atomic mass is 16.6. The van der Waals surface area contributed by atoms with E-state index in [4.69, 9.17) is 9.47 Å². The maximum atomic E-state index is 11.8. The number of hydrogen-bond acceptors (Lipinski definition) is 3. The molecule has 1 N–H and O–H groups in total. The van der Waals surface area contributed by atoms with Gasteiger partial charge in [0.05, 0.1) is 12.8 Å². The maximum absolute atomic E-state index is 11.8. The van der Waals surface area contributed by atoms with Crippen molar-refractivity contribution in [2.24, 2.45) is 0 Å². The molecule has 0 saturated heterocycles. The summed E-state index contributed by atoms with van der Waals surface area (Å²) >= 11 is 0. The van der Waals surface area contributed by atoms with Crippen molar-refractivity contribution < 1.29 is 14.3 Å². The smallest absolute Gasteiger partial charge is 0.412 e. The van der Waals surface area contributed by atoms with Gasteiger partial charge in [-0.15, -0.1) is 0 Å². The normalized spacial score (nSPS) is 11.1. The quantitative estimate of drug-likeness (QED) is 0.869. The van der Waals surface area contributed by atoms with Crippen molar-refractivity contribution in [2.45, 2.75) is 52.6 Å². The molecule has 0 aliphatic rings. The third kappa shape index (κ3) is 5.51. The molecule has 0 bridgehead atoms. The predicted molar refractivity (Wildman–Crippen MR) is 81.5 cm³/mol. The van der Waals surface area contributed by atoms with Crippen molar-refractivity contribution in [3.05, 3.63) is 23.8 Å². The second kappa shape index (κ2) is 7.17. The zero-order valence-electron chi connectivity index (χ0n) is 13.1. The van der Waals surface area contributed by atoms with Gasteiger partial charge in [-0.05, 0) is 51.3 Å². The highest BCUT2D eigenvalue weighted by Gasteiger charge is 2.17. The van der Waals surface area contributed by atoms with Crippen LogP contribution in [-0.4, -0.2) is 18.8 Å². The second-order valence-electron chi connectivity index (χ2n) is 5.77. The number of amides is 1. The van der Waals surface area contributed by atoms with E-state index in [0.717, 1.165) is 19.3 Å². The van der Waals surface area contributed by atoms with Crippen molar-refractivity contribution >= 4 is 11.8 Å². The first-order valence-corrected chi connectivity index (χ1v) is 7.02. The van der Waals surface area contributed by atoms with E-state index in [-0.39, 0.29) is 0 Å². The van der Waals surface area contributed by atoms with Gasteiger partial charge >= 0.3 is 6.09 Å². The fourth-order valence-corrected chi connectivity index (χ4v) is 1.79. The number of anilines is 1. The molecular weight excluding hydrogens is 254 g/mol. The van der Waals surface area contributed by atoms with E-state index in [2.05, 4.69) is 12.2 Å². The SMILES string of the molecule is CCCCc1ccc(NC(=O)OC(C)(C)C)c(OC)c1. The lowest BCUT2D eigenvalue weighted by Gasteiger charge is -2.20. The molecule has 0 spiro atoms. The highest BCUT2D eigenvalue weighted by molar-refractivity contribution is 5.87. The Morgan fingerprint density at radius 2 is 2.00 bits per heavy atom. The molecule has 20 heavy (non-hydrogen) atoms. The molecule has 0 saturated carbocycles. The number of unbranched alkanes of at least 4 members (excludes halogenated alkanes) is 1. The van der Waals surface area contributed by atoms with Crippen LogP contribution in [0, 0.1) is 0 Å². The average Bonchev–Trinajstić information content (AvgIpc) is 2.35. The number of carbonyl (C=O) groups excluding carboxylic acids is 1. The molecule has 1 aromatic rings. The molecule has 112 valence electrons. The lowest BCUT2D eigenvalue weighted by Crippen LogP contribution is -2.27. The average molecular weight is 279 g/mol. The van der Waals surface area contributed by atoms with E-state index in [1.807, 2.05) is 39.0 Å². The number of nitrogens with one attached hydrogen (secondary N) is 1. The Hall–Kier alpha value is -1.71. The fourth-order valence-electron chi connectivity index (χ4n) is 1.79. The Kier molecular flexibility index (Phi) is 5.86. The minimum absolute atomic E-state index is 0.475. The Bertz CT molecular complexity index is 450. The zero-order chi connectivity index (χ0) is 15.2. The van der Waals surface area contributed by atoms with Gasteiger partial charge in [-0.25, -0.2) is 4.79 Å². The first-order valence-electron chi connectivity index (χ1n) is 7.02. The van der Waals surface area contributed by atoms with Gasteiger partial charge in [-0.2, -0.15) is 0 Å². The predicted octanol–water partition coefficient (Wildman–Crippen LogP) is 4.38. The summed E-state index contributed by atoms with van der Waals surface area (Å²) in [6.07, 6.45) is 2.83. The van der Waals surface area contributed by atoms with E-state index in [9.17, 15) is 4.79 Å². The summed E-state index contributed by atoms with van der Waals surface area (Å²) in [6, 6.07) is 5.82. The van der Waals surface area contributed by atoms with Gasteiger partial charge in [0.25, 0.3) is 0 Å². The number of methoxy groups -OCH3 is 1. The van der Waals surface area contributed by atoms with Gasteiger partial charge in [-0.3, -0.25) is 5.32 Å². The van der Waals surface area contributed by atoms with Crippen molar-refractivity contribution in [1.29, 1.82) is 0 Å². The molecule has 0 atom stereocenters. The first kappa shape index (κ1) is 16.3. The molecule has 4 heteroatoms. The number of carbonyl (C=O) groups is 1. The van der Waals surface area contributed by atoms with Gasteiger partial charge in [0.15, 0.2) is 0 Å². The molecule has 0 radical (unpaired) electrons. The molecular formula is C16H25NO3. The third-order valence-corrected chi connectivity index (χ3v) is 2.72. The van der Waals surface area contributed by atoms with Crippen molar-refractivity contribution in [3.63, 3.8) is 0 Å². The van der Waals surface area contributed by atoms with Crippen LogP contribution in [0.1, 0.15) is 46.1 Å². The Labute approximate surface area is 121 Å². The summed E-state index contributed by atoms with van der Waals surface area (Å²) in [5, 5.41) is 2.72. The van der Waals surface area contributed by atoms with E-state index < -0.39 is 11.7 Å². The van der Waals surface area contributed by atoms with Gasteiger partial charge in [0, 0.05) is 0 Å². The van der Waals surface area contributed by atoms with Gasteiger partial charge in [0.1, 0.15) is 11.4 Å². The van der Waals surface area contributed by atoms with Gasteiger partial charge in [-0.1, -0.05) is 19.4 Å². The minimum atomic E-state index is -0.515. The van der Waals surface area contributed by atoms with Crippen molar-refractivity contribution in [1.82, 2.24) is 0 Å². The molecule has 0 aliphatic carbocycles. The van der Waals surface area contributed by atoms with E-state index in [1.54, 1.807) is 7.11 Å². The largest absolute Gasteiger partial charge is 0.495 e. The zero-order valence-corrected chi connectivity index (χ0v) is 13.1. The maximum Gasteiger partial charge on any atom is 0.412 e. The lowest BCUT2D eigenvalue weighted by molar-refractivity contribution is 0.0635. The van der Waals surface area contributed by atoms with Crippen LogP contribution in [0.5, 0.6) is 5.75 Å². The molecule has 1 aromatic carbocycles. The van der Waals surface area contributed by atoms with E-state index >= 15 is 0 Å². The molecule has 0 aliphatic heterocycles. The van der Waals surface area contributed by atoms with Crippen molar-refractivity contribution in [2.75, 3.05) is 12.4 Å². The number of benzene rings is 1. The number of rotatable bonds is 5. The van der Waals surface area contributed by atoms with E-state index in [1.165, 1.54) is 5.56 Å². The molecule has 4 nitrogen and oxygen atoms in total. The standard InChI is InChI=1S/C16H25NO3/c1-6-7-8-12-9-10-13(14(11-12)19-5)17-15(18)20-16(2,3)4/h9-11H,6-8H2,1-5H3,(H,17,18). The van der Waals surface area contributed by atoms with Gasteiger partial charge in [0.2, 0.25) is 0 Å². The van der Waals surface area contributed by atoms with Crippen LogP contribution in [0.25, 0.3) is 0 Å². The molecule has 1 amide bonds. The fraction of sp³-hybridized carbons (Fsp3) is 0.562. The molecule has 0 unspecified atom stereocenters. The molecule has 0 aromatic heterocycles. The summed E-state index contributed by atoms with van der Waals surface area (Å²) in [6.45, 7) is 7.66. The van der Waals surface area contributed by atoms with Crippen LogP contribution in [0.3, 0.4) is 0 Å². The van der Waals surface area contributed by atoms with Crippen LogP contribution in [0.4, 0.5) is 10.5 Å². The van der Waals surface area contributed by atoms with Crippen LogP contribution < -0.4 is 10.1 Å². The van der Waals surface area contributed by atoms with Crippen LogP contribution >= 0.6 is 0 Å². The monoisotopic (exact) mass is 279 g/mol. The van der Waals surface area contributed by atoms with Gasteiger partial charge < -0.3 is 9.47 Å². The Balaban J connectivity index is 2.77. The Morgan fingerprint density at radius 1 is 1.30 bits per heavy atom. The first-order chi connectivity index (χ1) is 9.35. The summed E-state index contributed by atoms with van der Waals surface area (Å²) in [7, 11) is 1.60. The number of ether oxygens (including phenoxy) is 2. The second-order valence-corrected chi connectivity index (χ2v) is 5.77. The van der Waals surface area contributed by atoms with E-state index in [0.29, 0.717) is 11.4 Å². The molecule has 0 heterocycles. The van der Waals surface area contributed by atoms with Crippen LogP contribution in [0.15, 0.2) is 18.2 Å². The lowest BCUT2D eigenvalue weighted by atomic mass is 10.1. The van der Waals surface area contributed by atoms with Crippen LogP contribution in [-0.2, 0) is 11.2 Å². The summed E-state index contributed by atoms with van der Waals surface area (Å²) in [4.78, 5) is 11.8. The van der Waals surface area contributed by atoms with Crippen molar-refractivity contribution in [3.8, 4) is 5.75 Å². The number of hydrogen-bond donors (Lipinski definition) is 1. The summed E-state index contributed by atoms with van der Waals surface area (Å²) < 4.78 is 10.6. The molecule has 0 fully saturated rings. The Morgan fingerprint density at radius 3 is 2.55 bits per heavy atom. The topological polar surface area (TPSA) is 47.6 Å². The number of aryl methyl sites for hydroxylation is 1. The summed E-state index contributed by atoms with van der Waals surface area (Å²) in [5.74, 6) is 0.657. The summed E-state index contributed by atoms with van der Waals surface area (Å²) in [5.41, 5.74) is 1.32. The minimum Gasteiger partial charge on any atom is -0.495 e.